The number of nitrogens with zero attached hydrogens (tertiary/aromatic N) is 1. The minimum absolute atomic E-state index is 0.442. The van der Waals surface area contributed by atoms with Crippen LogP contribution in [0.15, 0.2) is 0 Å². The van der Waals surface area contributed by atoms with E-state index in [0.29, 0.717) is 32.0 Å². The fraction of sp³-hybridized carbons (Fsp3) is 1.00. The molecule has 0 aromatic heterocycles. The van der Waals surface area contributed by atoms with Crippen molar-refractivity contribution >= 4 is 10.2 Å². The molecule has 1 rings (SSSR count). The molecule has 1 fully saturated rings. The summed E-state index contributed by atoms with van der Waals surface area (Å²) in [5.74, 6) is 1.16. The van der Waals surface area contributed by atoms with Crippen LogP contribution in [0.4, 0.5) is 0 Å². The van der Waals surface area contributed by atoms with Crippen molar-refractivity contribution in [2.75, 3.05) is 26.7 Å². The molecule has 0 aromatic carbocycles. The molecule has 6 heteroatoms. The lowest BCUT2D eigenvalue weighted by atomic mass is 10.1. The van der Waals surface area contributed by atoms with E-state index in [9.17, 15) is 8.42 Å². The van der Waals surface area contributed by atoms with Gasteiger partial charge in [0, 0.05) is 20.1 Å². The van der Waals surface area contributed by atoms with Crippen LogP contribution in [0.2, 0.25) is 0 Å². The molecule has 1 saturated carbocycles. The molecule has 1 atom stereocenters. The summed E-state index contributed by atoms with van der Waals surface area (Å²) in [6, 6.07) is 0. The van der Waals surface area contributed by atoms with Gasteiger partial charge >= 0.3 is 0 Å². The molecule has 1 aliphatic rings. The molecule has 0 amide bonds. The van der Waals surface area contributed by atoms with Gasteiger partial charge in [0.05, 0.1) is 0 Å². The number of rotatable bonds is 8. The Morgan fingerprint density at radius 2 is 2.12 bits per heavy atom. The molecule has 0 saturated heterocycles. The highest BCUT2D eigenvalue weighted by atomic mass is 32.2. The van der Waals surface area contributed by atoms with Crippen molar-refractivity contribution in [1.29, 1.82) is 0 Å². The summed E-state index contributed by atoms with van der Waals surface area (Å²) in [5.41, 5.74) is 5.35. The van der Waals surface area contributed by atoms with E-state index in [-0.39, 0.29) is 0 Å². The molecule has 3 N–H and O–H groups in total. The van der Waals surface area contributed by atoms with Crippen molar-refractivity contribution in [2.24, 2.45) is 17.6 Å². The summed E-state index contributed by atoms with van der Waals surface area (Å²) in [7, 11) is -1.72. The van der Waals surface area contributed by atoms with E-state index in [4.69, 9.17) is 5.73 Å². The smallest absolute Gasteiger partial charge is 0.279 e. The second kappa shape index (κ2) is 5.95. The van der Waals surface area contributed by atoms with Crippen LogP contribution in [0.25, 0.3) is 0 Å². The minimum Gasteiger partial charge on any atom is -0.330 e. The molecule has 96 valence electrons. The predicted octanol–water partition coefficient (Wildman–Crippen LogP) is 0.148. The van der Waals surface area contributed by atoms with E-state index >= 15 is 0 Å². The van der Waals surface area contributed by atoms with Gasteiger partial charge in [-0.05, 0) is 37.6 Å². The topological polar surface area (TPSA) is 75.4 Å². The molecule has 1 unspecified atom stereocenters. The Hall–Kier alpha value is -0.170. The molecule has 0 aliphatic heterocycles. The maximum absolute atomic E-state index is 11.8. The van der Waals surface area contributed by atoms with Gasteiger partial charge in [-0.2, -0.15) is 12.7 Å². The monoisotopic (exact) mass is 249 g/mol. The number of nitrogens with two attached hydrogens (primary N) is 1. The third-order valence-corrected chi connectivity index (χ3v) is 4.64. The largest absolute Gasteiger partial charge is 0.330 e. The molecule has 16 heavy (non-hydrogen) atoms. The highest BCUT2D eigenvalue weighted by molar-refractivity contribution is 7.87. The first kappa shape index (κ1) is 13.9. The average Bonchev–Trinajstić information content (AvgIpc) is 3.06. The first-order valence-electron chi connectivity index (χ1n) is 5.88. The summed E-state index contributed by atoms with van der Waals surface area (Å²) >= 11 is 0. The quantitative estimate of drug-likeness (QED) is 0.643. The molecular weight excluding hydrogens is 226 g/mol. The van der Waals surface area contributed by atoms with Crippen LogP contribution in [-0.4, -0.2) is 39.4 Å². The van der Waals surface area contributed by atoms with Crippen molar-refractivity contribution < 1.29 is 8.42 Å². The Balaban J connectivity index is 2.31. The van der Waals surface area contributed by atoms with Crippen molar-refractivity contribution in [1.82, 2.24) is 9.03 Å². The van der Waals surface area contributed by atoms with E-state index in [1.165, 1.54) is 17.1 Å². The number of hydrogen-bond acceptors (Lipinski definition) is 3. The van der Waals surface area contributed by atoms with E-state index in [1.807, 2.05) is 0 Å². The van der Waals surface area contributed by atoms with Gasteiger partial charge < -0.3 is 5.73 Å². The summed E-state index contributed by atoms with van der Waals surface area (Å²) in [6.45, 7) is 3.63. The fourth-order valence-corrected chi connectivity index (χ4v) is 2.68. The Kier molecular flexibility index (Phi) is 5.17. The second-order valence-electron chi connectivity index (χ2n) is 4.63. The lowest BCUT2D eigenvalue weighted by Gasteiger charge is -2.19. The summed E-state index contributed by atoms with van der Waals surface area (Å²) in [5, 5.41) is 0. The average molecular weight is 249 g/mol. The zero-order chi connectivity index (χ0) is 12.2. The van der Waals surface area contributed by atoms with Gasteiger partial charge in [0.15, 0.2) is 0 Å². The van der Waals surface area contributed by atoms with Crippen LogP contribution in [0.3, 0.4) is 0 Å². The highest BCUT2D eigenvalue weighted by Crippen LogP contribution is 2.36. The second-order valence-corrected chi connectivity index (χ2v) is 6.49. The summed E-state index contributed by atoms with van der Waals surface area (Å²) in [4.78, 5) is 0. The molecular formula is C10H23N3O2S. The number of nitrogens with one attached hydrogen (secondary N) is 1. The Morgan fingerprint density at radius 3 is 2.62 bits per heavy atom. The van der Waals surface area contributed by atoms with Crippen LogP contribution in [0.1, 0.15) is 26.2 Å². The van der Waals surface area contributed by atoms with Crippen LogP contribution >= 0.6 is 0 Å². The zero-order valence-electron chi connectivity index (χ0n) is 10.1. The minimum atomic E-state index is -3.31. The van der Waals surface area contributed by atoms with Gasteiger partial charge in [0.1, 0.15) is 0 Å². The molecule has 1 aliphatic carbocycles. The van der Waals surface area contributed by atoms with Gasteiger partial charge in [-0.15, -0.1) is 0 Å². The van der Waals surface area contributed by atoms with Crippen LogP contribution in [0, 0.1) is 11.8 Å². The van der Waals surface area contributed by atoms with E-state index in [1.54, 1.807) is 7.05 Å². The maximum atomic E-state index is 11.8. The molecule has 0 bridgehead atoms. The van der Waals surface area contributed by atoms with Crippen molar-refractivity contribution in [3.05, 3.63) is 0 Å². The normalized spacial score (nSPS) is 19.0. The Bertz CT molecular complexity index is 301. The fourth-order valence-electron chi connectivity index (χ4n) is 1.61. The van der Waals surface area contributed by atoms with Crippen LogP contribution in [0.5, 0.6) is 0 Å². The van der Waals surface area contributed by atoms with E-state index in [0.717, 1.165) is 5.92 Å². The van der Waals surface area contributed by atoms with Crippen molar-refractivity contribution in [2.45, 2.75) is 26.2 Å². The number of hydrogen-bond donors (Lipinski definition) is 2. The maximum Gasteiger partial charge on any atom is 0.279 e. The van der Waals surface area contributed by atoms with Gasteiger partial charge in [-0.25, -0.2) is 4.72 Å². The van der Waals surface area contributed by atoms with Crippen molar-refractivity contribution in [3.63, 3.8) is 0 Å². The molecule has 0 spiro atoms. The highest BCUT2D eigenvalue weighted by Gasteiger charge is 2.29. The van der Waals surface area contributed by atoms with E-state index in [2.05, 4.69) is 11.6 Å². The third-order valence-electron chi connectivity index (χ3n) is 3.10. The molecule has 5 nitrogen and oxygen atoms in total. The van der Waals surface area contributed by atoms with Gasteiger partial charge in [-0.3, -0.25) is 0 Å². The molecule has 0 heterocycles. The molecule has 0 radical (unpaired) electrons. The predicted molar refractivity (Wildman–Crippen MR) is 65.1 cm³/mol. The standard InChI is InChI=1S/C10H23N3O2S/c1-9(10-4-5-10)8-12-16(14,15)13(2)7-3-6-11/h9-10,12H,3-8,11H2,1-2H3. The Morgan fingerprint density at radius 1 is 1.50 bits per heavy atom. The lowest BCUT2D eigenvalue weighted by Crippen LogP contribution is -2.41. The van der Waals surface area contributed by atoms with Gasteiger partial charge in [-0.1, -0.05) is 6.92 Å². The molecule has 0 aromatic rings. The first-order chi connectivity index (χ1) is 7.47. The van der Waals surface area contributed by atoms with Gasteiger partial charge in [0.25, 0.3) is 10.2 Å². The van der Waals surface area contributed by atoms with Crippen LogP contribution in [-0.2, 0) is 10.2 Å². The summed E-state index contributed by atoms with van der Waals surface area (Å²) in [6.07, 6.45) is 3.17. The van der Waals surface area contributed by atoms with Gasteiger partial charge in [0.2, 0.25) is 0 Å². The third kappa shape index (κ3) is 4.37. The van der Waals surface area contributed by atoms with Crippen LogP contribution < -0.4 is 10.5 Å². The first-order valence-corrected chi connectivity index (χ1v) is 7.32. The van der Waals surface area contributed by atoms with Crippen molar-refractivity contribution in [3.8, 4) is 0 Å². The zero-order valence-corrected chi connectivity index (χ0v) is 11.0. The Labute approximate surface area is 98.6 Å². The summed E-state index contributed by atoms with van der Waals surface area (Å²) < 4.78 is 27.5. The lowest BCUT2D eigenvalue weighted by molar-refractivity contribution is 0.435. The van der Waals surface area contributed by atoms with E-state index < -0.39 is 10.2 Å². The SMILES string of the molecule is CC(CNS(=O)(=O)N(C)CCCN)C1CC1.